The lowest BCUT2D eigenvalue weighted by molar-refractivity contribution is -0.137. The lowest BCUT2D eigenvalue weighted by Crippen LogP contribution is -2.26. The lowest BCUT2D eigenvalue weighted by Gasteiger charge is -2.09. The van der Waals surface area contributed by atoms with Crippen molar-refractivity contribution in [2.45, 2.75) is 26.4 Å². The van der Waals surface area contributed by atoms with Gasteiger partial charge in [0.15, 0.2) is 11.5 Å². The second-order valence-corrected chi connectivity index (χ2v) is 5.94. The van der Waals surface area contributed by atoms with Crippen molar-refractivity contribution < 1.29 is 18.0 Å². The van der Waals surface area contributed by atoms with Crippen LogP contribution in [0, 0.1) is 5.92 Å². The Morgan fingerprint density at radius 1 is 1.08 bits per heavy atom. The number of aromatic nitrogens is 2. The minimum absolute atomic E-state index is 0.182. The third-order valence-corrected chi connectivity index (χ3v) is 3.39. The van der Waals surface area contributed by atoms with Crippen LogP contribution >= 0.6 is 0 Å². The van der Waals surface area contributed by atoms with Gasteiger partial charge in [-0.05, 0) is 48.7 Å². The summed E-state index contributed by atoms with van der Waals surface area (Å²) in [5.74, 6) is 0.509. The highest BCUT2D eigenvalue weighted by Crippen LogP contribution is 2.30. The smallest absolute Gasteiger partial charge is 0.351 e. The maximum atomic E-state index is 12.5. The summed E-state index contributed by atoms with van der Waals surface area (Å²) in [6.45, 7) is 4.69. The van der Waals surface area contributed by atoms with Crippen LogP contribution in [0.1, 0.15) is 36.3 Å². The first-order chi connectivity index (χ1) is 11.8. The molecular formula is C17H19F3N4O. The average Bonchev–Trinajstić information content (AvgIpc) is 2.55. The number of carbonyl (C=O) groups excluding carboxylic acids is 1. The molecule has 0 atom stereocenters. The second-order valence-electron chi connectivity index (χ2n) is 5.94. The molecule has 0 aliphatic rings. The molecule has 1 aromatic carbocycles. The zero-order valence-electron chi connectivity index (χ0n) is 13.9. The first-order valence-electron chi connectivity index (χ1n) is 7.82. The van der Waals surface area contributed by atoms with E-state index in [2.05, 4.69) is 34.7 Å². The van der Waals surface area contributed by atoms with Gasteiger partial charge in [-0.3, -0.25) is 4.79 Å². The molecule has 0 fully saturated rings. The molecule has 25 heavy (non-hydrogen) atoms. The zero-order valence-corrected chi connectivity index (χ0v) is 13.9. The van der Waals surface area contributed by atoms with E-state index < -0.39 is 11.7 Å². The molecule has 2 rings (SSSR count). The largest absolute Gasteiger partial charge is 0.416 e. The van der Waals surface area contributed by atoms with Crippen molar-refractivity contribution in [2.24, 2.45) is 5.92 Å². The molecule has 2 N–H and O–H groups in total. The van der Waals surface area contributed by atoms with E-state index in [0.717, 1.165) is 18.6 Å². The van der Waals surface area contributed by atoms with Gasteiger partial charge >= 0.3 is 6.18 Å². The highest BCUT2D eigenvalue weighted by molar-refractivity contribution is 5.92. The van der Waals surface area contributed by atoms with Crippen LogP contribution in [-0.2, 0) is 6.18 Å². The van der Waals surface area contributed by atoms with Gasteiger partial charge < -0.3 is 10.6 Å². The Labute approximate surface area is 143 Å². The first-order valence-corrected chi connectivity index (χ1v) is 7.82. The topological polar surface area (TPSA) is 66.9 Å². The number of hydrogen-bond donors (Lipinski definition) is 2. The standard InChI is InChI=1S/C17H19F3N4O/c1-11(2)9-10-21-16(25)14-7-8-15(24-23-14)22-13-5-3-12(4-6-13)17(18,19)20/h3-8,11H,9-10H2,1-2H3,(H,21,25)(H,22,24). The van der Waals surface area contributed by atoms with Crippen molar-refractivity contribution in [1.82, 2.24) is 15.5 Å². The molecule has 8 heteroatoms. The number of alkyl halides is 3. The molecule has 1 amide bonds. The van der Waals surface area contributed by atoms with Gasteiger partial charge in [0.25, 0.3) is 5.91 Å². The first kappa shape index (κ1) is 18.7. The summed E-state index contributed by atoms with van der Waals surface area (Å²) in [4.78, 5) is 11.9. The van der Waals surface area contributed by atoms with Crippen LogP contribution in [0.5, 0.6) is 0 Å². The van der Waals surface area contributed by atoms with Crippen LogP contribution < -0.4 is 10.6 Å². The summed E-state index contributed by atoms with van der Waals surface area (Å²) in [7, 11) is 0. The van der Waals surface area contributed by atoms with E-state index >= 15 is 0 Å². The summed E-state index contributed by atoms with van der Waals surface area (Å²) in [6.07, 6.45) is -3.50. The van der Waals surface area contributed by atoms with Gasteiger partial charge in [0.1, 0.15) is 0 Å². The van der Waals surface area contributed by atoms with Crippen LogP contribution in [0.3, 0.4) is 0 Å². The Hall–Kier alpha value is -2.64. The van der Waals surface area contributed by atoms with Crippen LogP contribution in [-0.4, -0.2) is 22.6 Å². The van der Waals surface area contributed by atoms with E-state index in [1.165, 1.54) is 18.2 Å². The van der Waals surface area contributed by atoms with Gasteiger partial charge in [-0.15, -0.1) is 10.2 Å². The van der Waals surface area contributed by atoms with E-state index in [-0.39, 0.29) is 11.6 Å². The monoisotopic (exact) mass is 352 g/mol. The molecule has 0 spiro atoms. The molecule has 0 aliphatic carbocycles. The fourth-order valence-corrected chi connectivity index (χ4v) is 1.98. The van der Waals surface area contributed by atoms with Crippen molar-refractivity contribution in [3.05, 3.63) is 47.7 Å². The molecule has 1 heterocycles. The number of halogens is 3. The Morgan fingerprint density at radius 2 is 1.76 bits per heavy atom. The minimum atomic E-state index is -4.37. The highest BCUT2D eigenvalue weighted by Gasteiger charge is 2.29. The number of anilines is 2. The quantitative estimate of drug-likeness (QED) is 0.824. The Kier molecular flexibility index (Phi) is 5.95. The summed E-state index contributed by atoms with van der Waals surface area (Å²) in [5, 5.41) is 13.3. The number of benzene rings is 1. The predicted octanol–water partition coefficient (Wildman–Crippen LogP) is 4.01. The van der Waals surface area contributed by atoms with Gasteiger partial charge in [-0.25, -0.2) is 0 Å². The molecule has 0 radical (unpaired) electrons. The summed E-state index contributed by atoms with van der Waals surface area (Å²) >= 11 is 0. The van der Waals surface area contributed by atoms with E-state index in [1.807, 2.05) is 0 Å². The highest BCUT2D eigenvalue weighted by atomic mass is 19.4. The van der Waals surface area contributed by atoms with E-state index in [4.69, 9.17) is 0 Å². The van der Waals surface area contributed by atoms with Crippen molar-refractivity contribution >= 4 is 17.4 Å². The van der Waals surface area contributed by atoms with Gasteiger partial charge in [0.2, 0.25) is 0 Å². The number of rotatable bonds is 6. The predicted molar refractivity (Wildman–Crippen MR) is 88.5 cm³/mol. The van der Waals surface area contributed by atoms with Crippen LogP contribution in [0.25, 0.3) is 0 Å². The van der Waals surface area contributed by atoms with Crippen LogP contribution in [0.15, 0.2) is 36.4 Å². The second kappa shape index (κ2) is 7.96. The van der Waals surface area contributed by atoms with Crippen molar-refractivity contribution in [3.8, 4) is 0 Å². The van der Waals surface area contributed by atoms with Gasteiger partial charge in [-0.2, -0.15) is 13.2 Å². The van der Waals surface area contributed by atoms with Gasteiger partial charge in [0, 0.05) is 12.2 Å². The fraction of sp³-hybridized carbons (Fsp3) is 0.353. The molecule has 0 bridgehead atoms. The Bertz CT molecular complexity index is 697. The molecule has 0 saturated heterocycles. The molecule has 0 saturated carbocycles. The van der Waals surface area contributed by atoms with Crippen molar-refractivity contribution in [3.63, 3.8) is 0 Å². The molecule has 0 aliphatic heterocycles. The Balaban J connectivity index is 1.95. The lowest BCUT2D eigenvalue weighted by atomic mass is 10.1. The number of carbonyl (C=O) groups is 1. The zero-order chi connectivity index (χ0) is 18.4. The summed E-state index contributed by atoms with van der Waals surface area (Å²) < 4.78 is 37.6. The number of nitrogens with one attached hydrogen (secondary N) is 2. The maximum Gasteiger partial charge on any atom is 0.416 e. The van der Waals surface area contributed by atoms with E-state index in [0.29, 0.717) is 24.0 Å². The average molecular weight is 352 g/mol. The van der Waals surface area contributed by atoms with Gasteiger partial charge in [-0.1, -0.05) is 13.8 Å². The molecular weight excluding hydrogens is 333 g/mol. The van der Waals surface area contributed by atoms with E-state index in [1.54, 1.807) is 6.07 Å². The van der Waals surface area contributed by atoms with Crippen LogP contribution in [0.4, 0.5) is 24.7 Å². The SMILES string of the molecule is CC(C)CCNC(=O)c1ccc(Nc2ccc(C(F)(F)F)cc2)nn1. The Morgan fingerprint density at radius 3 is 2.28 bits per heavy atom. The molecule has 0 unspecified atom stereocenters. The number of hydrogen-bond acceptors (Lipinski definition) is 4. The number of amides is 1. The minimum Gasteiger partial charge on any atom is -0.351 e. The molecule has 134 valence electrons. The summed E-state index contributed by atoms with van der Waals surface area (Å²) in [5.41, 5.74) is -0.101. The fourth-order valence-electron chi connectivity index (χ4n) is 1.98. The van der Waals surface area contributed by atoms with E-state index in [9.17, 15) is 18.0 Å². The number of nitrogens with zero attached hydrogens (tertiary/aromatic N) is 2. The molecule has 2 aromatic rings. The van der Waals surface area contributed by atoms with Crippen LogP contribution in [0.2, 0.25) is 0 Å². The van der Waals surface area contributed by atoms with Gasteiger partial charge in [0.05, 0.1) is 5.56 Å². The van der Waals surface area contributed by atoms with Crippen molar-refractivity contribution in [1.29, 1.82) is 0 Å². The van der Waals surface area contributed by atoms with Crippen molar-refractivity contribution in [2.75, 3.05) is 11.9 Å². The third-order valence-electron chi connectivity index (χ3n) is 3.39. The normalized spacial score (nSPS) is 11.4. The third kappa shape index (κ3) is 5.74. The molecule has 1 aromatic heterocycles. The summed E-state index contributed by atoms with van der Waals surface area (Å²) in [6, 6.07) is 7.61. The maximum absolute atomic E-state index is 12.5. The molecule has 5 nitrogen and oxygen atoms in total.